The van der Waals surface area contributed by atoms with Crippen molar-refractivity contribution in [2.45, 2.75) is 39.7 Å². The van der Waals surface area contributed by atoms with Gasteiger partial charge in [0.15, 0.2) is 6.10 Å². The van der Waals surface area contributed by atoms with Crippen molar-refractivity contribution in [1.82, 2.24) is 0 Å². The minimum absolute atomic E-state index is 0.192. The Morgan fingerprint density at radius 2 is 1.83 bits per heavy atom. The van der Waals surface area contributed by atoms with Crippen LogP contribution >= 0.6 is 0 Å². The zero-order chi connectivity index (χ0) is 17.5. The number of anilines is 1. The predicted molar refractivity (Wildman–Crippen MR) is 96.9 cm³/mol. The number of para-hydroxylation sites is 1. The van der Waals surface area contributed by atoms with Gasteiger partial charge in [-0.3, -0.25) is 4.79 Å². The fourth-order valence-corrected chi connectivity index (χ4v) is 2.38. The molecule has 1 amide bonds. The van der Waals surface area contributed by atoms with E-state index in [-0.39, 0.29) is 5.91 Å². The molecule has 2 aromatic rings. The molecule has 1 N–H and O–H groups in total. The number of carbonyl (C=O) groups excluding carboxylic acids is 1. The van der Waals surface area contributed by atoms with Crippen LogP contribution in [0.25, 0.3) is 0 Å². The van der Waals surface area contributed by atoms with Crippen LogP contribution < -0.4 is 14.8 Å². The summed E-state index contributed by atoms with van der Waals surface area (Å²) in [7, 11) is 0. The highest BCUT2D eigenvalue weighted by Crippen LogP contribution is 2.27. The summed E-state index contributed by atoms with van der Waals surface area (Å²) < 4.78 is 11.3. The lowest BCUT2D eigenvalue weighted by Gasteiger charge is -2.19. The topological polar surface area (TPSA) is 47.6 Å². The molecule has 2 rings (SSSR count). The summed E-state index contributed by atoms with van der Waals surface area (Å²) in [6.07, 6.45) is -0.597. The average molecular weight is 327 g/mol. The first kappa shape index (κ1) is 17.9. The molecule has 24 heavy (non-hydrogen) atoms. The summed E-state index contributed by atoms with van der Waals surface area (Å²) in [5, 5.41) is 2.87. The fraction of sp³-hybridized carbons (Fsp3) is 0.350. The maximum Gasteiger partial charge on any atom is 0.265 e. The van der Waals surface area contributed by atoms with Crippen LogP contribution in [0, 0.1) is 0 Å². The summed E-state index contributed by atoms with van der Waals surface area (Å²) in [5.41, 5.74) is 1.79. The van der Waals surface area contributed by atoms with E-state index in [1.807, 2.05) is 49.4 Å². The summed E-state index contributed by atoms with van der Waals surface area (Å²) >= 11 is 0. The summed E-state index contributed by atoms with van der Waals surface area (Å²) in [6, 6.07) is 15.2. The summed E-state index contributed by atoms with van der Waals surface area (Å²) in [5.74, 6) is 1.62. The number of ether oxygens (including phenoxy) is 2. The Kier molecular flexibility index (Phi) is 6.24. The first-order valence-corrected chi connectivity index (χ1v) is 8.30. The summed E-state index contributed by atoms with van der Waals surface area (Å²) in [4.78, 5) is 12.4. The smallest absolute Gasteiger partial charge is 0.265 e. The Hall–Kier alpha value is -2.49. The minimum atomic E-state index is -0.597. The Morgan fingerprint density at radius 1 is 1.08 bits per heavy atom. The quantitative estimate of drug-likeness (QED) is 0.807. The van der Waals surface area contributed by atoms with Gasteiger partial charge in [0.25, 0.3) is 5.91 Å². The second kappa shape index (κ2) is 8.39. The third kappa shape index (κ3) is 4.75. The zero-order valence-corrected chi connectivity index (χ0v) is 14.7. The van der Waals surface area contributed by atoms with Crippen molar-refractivity contribution in [2.75, 3.05) is 11.9 Å². The van der Waals surface area contributed by atoms with Crippen LogP contribution in [0.1, 0.15) is 39.2 Å². The molecule has 4 nitrogen and oxygen atoms in total. The first-order valence-electron chi connectivity index (χ1n) is 8.30. The molecule has 0 fully saturated rings. The van der Waals surface area contributed by atoms with Gasteiger partial charge in [-0.15, -0.1) is 0 Å². The van der Waals surface area contributed by atoms with Crippen LogP contribution in [0.3, 0.4) is 0 Å². The Bertz CT molecular complexity index is 682. The second-order valence-corrected chi connectivity index (χ2v) is 5.90. The predicted octanol–water partition coefficient (Wildman–Crippen LogP) is 4.61. The Morgan fingerprint density at radius 3 is 2.54 bits per heavy atom. The van der Waals surface area contributed by atoms with Crippen LogP contribution in [0.5, 0.6) is 11.5 Å². The lowest BCUT2D eigenvalue weighted by atomic mass is 10.0. The van der Waals surface area contributed by atoms with Gasteiger partial charge in [0.05, 0.1) is 6.61 Å². The number of amides is 1. The van der Waals surface area contributed by atoms with Crippen molar-refractivity contribution in [3.63, 3.8) is 0 Å². The fourth-order valence-electron chi connectivity index (χ4n) is 2.38. The van der Waals surface area contributed by atoms with Gasteiger partial charge in [0.2, 0.25) is 0 Å². The number of hydrogen-bond acceptors (Lipinski definition) is 3. The highest BCUT2D eigenvalue weighted by molar-refractivity contribution is 5.94. The molecular formula is C20H25NO3. The first-order chi connectivity index (χ1) is 11.5. The van der Waals surface area contributed by atoms with E-state index in [0.717, 1.165) is 17.1 Å². The maximum atomic E-state index is 12.4. The largest absolute Gasteiger partial charge is 0.494 e. The van der Waals surface area contributed by atoms with E-state index in [4.69, 9.17) is 9.47 Å². The number of benzene rings is 2. The highest BCUT2D eigenvalue weighted by Gasteiger charge is 2.17. The molecule has 0 bridgehead atoms. The van der Waals surface area contributed by atoms with E-state index in [1.165, 1.54) is 0 Å². The number of rotatable bonds is 7. The molecule has 0 radical (unpaired) electrons. The number of hydrogen-bond donors (Lipinski definition) is 1. The van der Waals surface area contributed by atoms with Crippen LogP contribution in [0.2, 0.25) is 0 Å². The molecule has 1 atom stereocenters. The van der Waals surface area contributed by atoms with Crippen LogP contribution in [0.4, 0.5) is 5.69 Å². The van der Waals surface area contributed by atoms with Gasteiger partial charge in [-0.05, 0) is 43.5 Å². The van der Waals surface area contributed by atoms with Gasteiger partial charge in [-0.25, -0.2) is 0 Å². The monoisotopic (exact) mass is 327 g/mol. The second-order valence-electron chi connectivity index (χ2n) is 5.90. The molecule has 0 aliphatic carbocycles. The van der Waals surface area contributed by atoms with Gasteiger partial charge in [-0.1, -0.05) is 38.1 Å². The lowest BCUT2D eigenvalue weighted by molar-refractivity contribution is -0.122. The normalized spacial score (nSPS) is 11.9. The molecule has 0 spiro atoms. The van der Waals surface area contributed by atoms with Gasteiger partial charge in [0.1, 0.15) is 11.5 Å². The standard InChI is InChI=1S/C20H25NO3/c1-5-23-17-10-8-9-16(13-17)21-20(22)15(4)24-19-12-7-6-11-18(19)14(2)3/h6-15H,5H2,1-4H3,(H,21,22). The molecule has 0 aliphatic heterocycles. The lowest BCUT2D eigenvalue weighted by Crippen LogP contribution is -2.30. The molecule has 1 unspecified atom stereocenters. The highest BCUT2D eigenvalue weighted by atomic mass is 16.5. The van der Waals surface area contributed by atoms with Crippen molar-refractivity contribution in [3.05, 3.63) is 54.1 Å². The van der Waals surface area contributed by atoms with Crippen molar-refractivity contribution >= 4 is 11.6 Å². The van der Waals surface area contributed by atoms with E-state index in [1.54, 1.807) is 13.0 Å². The van der Waals surface area contributed by atoms with Gasteiger partial charge >= 0.3 is 0 Å². The number of carbonyl (C=O) groups is 1. The van der Waals surface area contributed by atoms with Gasteiger partial charge in [0, 0.05) is 11.8 Å². The van der Waals surface area contributed by atoms with Gasteiger partial charge in [-0.2, -0.15) is 0 Å². The Balaban J connectivity index is 2.04. The average Bonchev–Trinajstić information content (AvgIpc) is 2.55. The SMILES string of the molecule is CCOc1cccc(NC(=O)C(C)Oc2ccccc2C(C)C)c1. The van der Waals surface area contributed by atoms with Crippen molar-refractivity contribution in [3.8, 4) is 11.5 Å². The van der Waals surface area contributed by atoms with Crippen LogP contribution in [-0.2, 0) is 4.79 Å². The summed E-state index contributed by atoms with van der Waals surface area (Å²) in [6.45, 7) is 8.47. The van der Waals surface area contributed by atoms with Crippen LogP contribution in [-0.4, -0.2) is 18.6 Å². The molecular weight excluding hydrogens is 302 g/mol. The molecule has 4 heteroatoms. The molecule has 0 saturated carbocycles. The van der Waals surface area contributed by atoms with Crippen molar-refractivity contribution in [2.24, 2.45) is 0 Å². The van der Waals surface area contributed by atoms with Gasteiger partial charge < -0.3 is 14.8 Å². The number of nitrogens with one attached hydrogen (secondary N) is 1. The molecule has 0 heterocycles. The van der Waals surface area contributed by atoms with Crippen molar-refractivity contribution in [1.29, 1.82) is 0 Å². The van der Waals surface area contributed by atoms with Crippen LogP contribution in [0.15, 0.2) is 48.5 Å². The zero-order valence-electron chi connectivity index (χ0n) is 14.7. The van der Waals surface area contributed by atoms with E-state index >= 15 is 0 Å². The minimum Gasteiger partial charge on any atom is -0.494 e. The van der Waals surface area contributed by atoms with Crippen molar-refractivity contribution < 1.29 is 14.3 Å². The molecule has 2 aromatic carbocycles. The molecule has 0 aliphatic rings. The third-order valence-electron chi connectivity index (χ3n) is 3.63. The molecule has 128 valence electrons. The van der Waals surface area contributed by atoms with E-state index in [2.05, 4.69) is 19.2 Å². The van der Waals surface area contributed by atoms with E-state index < -0.39 is 6.10 Å². The third-order valence-corrected chi connectivity index (χ3v) is 3.63. The molecule has 0 saturated heterocycles. The van der Waals surface area contributed by atoms with E-state index in [9.17, 15) is 4.79 Å². The van der Waals surface area contributed by atoms with E-state index in [0.29, 0.717) is 18.2 Å². The maximum absolute atomic E-state index is 12.4. The molecule has 0 aromatic heterocycles. The Labute approximate surface area is 143 Å².